The van der Waals surface area contributed by atoms with Crippen LogP contribution in [0.4, 0.5) is 5.69 Å². The van der Waals surface area contributed by atoms with Crippen LogP contribution in [-0.4, -0.2) is 35.3 Å². The van der Waals surface area contributed by atoms with Gasteiger partial charge in [0, 0.05) is 28.7 Å². The number of benzene rings is 2. The molecular formula is C21H19ClN4O3. The van der Waals surface area contributed by atoms with Crippen molar-refractivity contribution in [3.8, 4) is 0 Å². The van der Waals surface area contributed by atoms with E-state index in [0.717, 1.165) is 16.5 Å². The van der Waals surface area contributed by atoms with Gasteiger partial charge in [0.15, 0.2) is 0 Å². The quantitative estimate of drug-likeness (QED) is 0.519. The summed E-state index contributed by atoms with van der Waals surface area (Å²) in [6.45, 7) is 0.404. The monoisotopic (exact) mass is 410 g/mol. The topological polar surface area (TPSA) is 103 Å². The Hall–Kier alpha value is -3.32. The number of fused-ring (bicyclic) bond motifs is 2. The number of rotatable bonds is 5. The fourth-order valence-corrected chi connectivity index (χ4v) is 3.58. The van der Waals surface area contributed by atoms with Crippen LogP contribution in [0, 0.1) is 0 Å². The molecule has 148 valence electrons. The number of aromatic nitrogens is 1. The van der Waals surface area contributed by atoms with Crippen molar-refractivity contribution in [1.82, 2.24) is 15.6 Å². The maximum absolute atomic E-state index is 12.4. The van der Waals surface area contributed by atoms with E-state index in [9.17, 15) is 14.4 Å². The number of hydrogen-bond acceptors (Lipinski definition) is 3. The van der Waals surface area contributed by atoms with Gasteiger partial charge in [0.05, 0.1) is 17.7 Å². The summed E-state index contributed by atoms with van der Waals surface area (Å²) >= 11 is 6.06. The highest BCUT2D eigenvalue weighted by Gasteiger charge is 2.29. The highest BCUT2D eigenvalue weighted by molar-refractivity contribution is 6.31. The second-order valence-corrected chi connectivity index (χ2v) is 7.31. The molecule has 2 aromatic carbocycles. The number of nitrogens with one attached hydrogen (secondary N) is 4. The third-order valence-corrected chi connectivity index (χ3v) is 5.12. The van der Waals surface area contributed by atoms with E-state index in [1.807, 2.05) is 24.4 Å². The molecule has 1 unspecified atom stereocenters. The molecule has 2 heterocycles. The Kier molecular flexibility index (Phi) is 5.22. The molecule has 29 heavy (non-hydrogen) atoms. The molecule has 3 aromatic rings. The lowest BCUT2D eigenvalue weighted by Gasteiger charge is -2.14. The zero-order valence-electron chi connectivity index (χ0n) is 15.4. The van der Waals surface area contributed by atoms with Crippen molar-refractivity contribution < 1.29 is 14.4 Å². The largest absolute Gasteiger partial charge is 0.361 e. The average molecular weight is 411 g/mol. The molecule has 1 aliphatic heterocycles. The molecule has 0 fully saturated rings. The van der Waals surface area contributed by atoms with Crippen molar-refractivity contribution in [3.63, 3.8) is 0 Å². The molecule has 1 atom stereocenters. The first kappa shape index (κ1) is 19.0. The van der Waals surface area contributed by atoms with Crippen LogP contribution in [-0.2, 0) is 16.0 Å². The highest BCUT2D eigenvalue weighted by Crippen LogP contribution is 2.22. The number of amides is 3. The molecule has 0 saturated carbocycles. The Morgan fingerprint density at radius 2 is 1.97 bits per heavy atom. The van der Waals surface area contributed by atoms with Crippen LogP contribution in [0.1, 0.15) is 22.3 Å². The van der Waals surface area contributed by atoms with E-state index in [2.05, 4.69) is 20.9 Å². The van der Waals surface area contributed by atoms with Crippen molar-refractivity contribution in [2.45, 2.75) is 18.9 Å². The zero-order valence-corrected chi connectivity index (χ0v) is 16.2. The van der Waals surface area contributed by atoms with E-state index >= 15 is 0 Å². The fraction of sp³-hybridized carbons (Fsp3) is 0.190. The van der Waals surface area contributed by atoms with Gasteiger partial charge in [-0.2, -0.15) is 0 Å². The van der Waals surface area contributed by atoms with Crippen LogP contribution in [0.2, 0.25) is 5.02 Å². The van der Waals surface area contributed by atoms with E-state index < -0.39 is 11.9 Å². The first-order chi connectivity index (χ1) is 14.0. The minimum absolute atomic E-state index is 0.134. The molecule has 7 nitrogen and oxygen atoms in total. The summed E-state index contributed by atoms with van der Waals surface area (Å²) in [4.78, 5) is 40.2. The van der Waals surface area contributed by atoms with Crippen molar-refractivity contribution in [2.75, 3.05) is 11.9 Å². The van der Waals surface area contributed by atoms with Gasteiger partial charge in [0.1, 0.15) is 6.04 Å². The lowest BCUT2D eigenvalue weighted by atomic mass is 10.1. The number of H-pyrrole nitrogens is 1. The highest BCUT2D eigenvalue weighted by atomic mass is 35.5. The molecule has 4 N–H and O–H groups in total. The average Bonchev–Trinajstić information content (AvgIpc) is 3.04. The molecule has 0 bridgehead atoms. The van der Waals surface area contributed by atoms with E-state index in [1.165, 1.54) is 0 Å². The minimum atomic E-state index is -0.929. The SMILES string of the molecule is O=C(CC1NC(=O)c2ccccc2NC1=O)NCCc1c[nH]c2ccc(Cl)cc12. The van der Waals surface area contributed by atoms with Crippen molar-refractivity contribution in [2.24, 2.45) is 0 Å². The Morgan fingerprint density at radius 3 is 2.83 bits per heavy atom. The molecule has 1 aliphatic rings. The molecule has 1 aromatic heterocycles. The number of halogens is 1. The lowest BCUT2D eigenvalue weighted by Crippen LogP contribution is -2.44. The molecule has 3 amide bonds. The molecular weight excluding hydrogens is 392 g/mol. The molecule has 0 radical (unpaired) electrons. The van der Waals surface area contributed by atoms with Crippen molar-refractivity contribution in [3.05, 3.63) is 64.8 Å². The van der Waals surface area contributed by atoms with Gasteiger partial charge < -0.3 is 20.9 Å². The van der Waals surface area contributed by atoms with E-state index in [-0.39, 0.29) is 18.2 Å². The number of carbonyl (C=O) groups excluding carboxylic acids is 3. The maximum atomic E-state index is 12.4. The number of para-hydroxylation sites is 1. The fourth-order valence-electron chi connectivity index (χ4n) is 3.41. The summed E-state index contributed by atoms with van der Waals surface area (Å²) in [6, 6.07) is 11.4. The summed E-state index contributed by atoms with van der Waals surface area (Å²) in [6.07, 6.45) is 2.37. The number of aromatic amines is 1. The normalized spacial score (nSPS) is 16.0. The van der Waals surface area contributed by atoms with Gasteiger partial charge in [-0.25, -0.2) is 0 Å². The summed E-state index contributed by atoms with van der Waals surface area (Å²) in [5, 5.41) is 9.78. The van der Waals surface area contributed by atoms with E-state index in [1.54, 1.807) is 24.3 Å². The Labute approximate surface area is 171 Å². The van der Waals surface area contributed by atoms with Crippen LogP contribution in [0.25, 0.3) is 10.9 Å². The lowest BCUT2D eigenvalue weighted by molar-refractivity contribution is -0.125. The molecule has 0 spiro atoms. The van der Waals surface area contributed by atoms with Gasteiger partial charge in [-0.3, -0.25) is 14.4 Å². The van der Waals surface area contributed by atoms with Crippen molar-refractivity contribution >= 4 is 45.9 Å². The zero-order chi connectivity index (χ0) is 20.4. The van der Waals surface area contributed by atoms with Crippen LogP contribution in [0.5, 0.6) is 0 Å². The first-order valence-electron chi connectivity index (χ1n) is 9.24. The molecule has 0 saturated heterocycles. The summed E-state index contributed by atoms with van der Waals surface area (Å²) < 4.78 is 0. The van der Waals surface area contributed by atoms with Crippen LogP contribution in [0.15, 0.2) is 48.7 Å². The van der Waals surface area contributed by atoms with Crippen LogP contribution in [0.3, 0.4) is 0 Å². The van der Waals surface area contributed by atoms with E-state index in [0.29, 0.717) is 29.2 Å². The second-order valence-electron chi connectivity index (χ2n) is 6.87. The van der Waals surface area contributed by atoms with Gasteiger partial charge in [0.2, 0.25) is 11.8 Å². The minimum Gasteiger partial charge on any atom is -0.361 e. The van der Waals surface area contributed by atoms with Crippen molar-refractivity contribution in [1.29, 1.82) is 0 Å². The van der Waals surface area contributed by atoms with Gasteiger partial charge in [-0.15, -0.1) is 0 Å². The predicted octanol–water partition coefficient (Wildman–Crippen LogP) is 2.62. The van der Waals surface area contributed by atoms with Crippen LogP contribution >= 0.6 is 11.6 Å². The van der Waals surface area contributed by atoms with Gasteiger partial charge in [0.25, 0.3) is 5.91 Å². The number of hydrogen-bond donors (Lipinski definition) is 4. The maximum Gasteiger partial charge on any atom is 0.254 e. The Bertz CT molecular complexity index is 1110. The second kappa shape index (κ2) is 7.97. The number of carbonyl (C=O) groups is 3. The third-order valence-electron chi connectivity index (χ3n) is 4.89. The summed E-state index contributed by atoms with van der Waals surface area (Å²) in [5.41, 5.74) is 2.84. The van der Waals surface area contributed by atoms with Gasteiger partial charge >= 0.3 is 0 Å². The Morgan fingerprint density at radius 1 is 1.14 bits per heavy atom. The molecule has 0 aliphatic carbocycles. The first-order valence-corrected chi connectivity index (χ1v) is 9.62. The number of anilines is 1. The van der Waals surface area contributed by atoms with Crippen LogP contribution < -0.4 is 16.0 Å². The molecule has 8 heteroatoms. The molecule has 4 rings (SSSR count). The van der Waals surface area contributed by atoms with E-state index in [4.69, 9.17) is 11.6 Å². The predicted molar refractivity (Wildman–Crippen MR) is 111 cm³/mol. The summed E-state index contributed by atoms with van der Waals surface area (Å²) in [5.74, 6) is -1.11. The summed E-state index contributed by atoms with van der Waals surface area (Å²) in [7, 11) is 0. The smallest absolute Gasteiger partial charge is 0.254 e. The Balaban J connectivity index is 1.34. The van der Waals surface area contributed by atoms with Gasteiger partial charge in [-0.1, -0.05) is 23.7 Å². The van der Waals surface area contributed by atoms with Gasteiger partial charge in [-0.05, 0) is 42.3 Å². The standard InChI is InChI=1S/C21H19ClN4O3/c22-13-5-6-16-15(9-13)12(11-24-16)7-8-23-19(27)10-18-21(29)25-17-4-2-1-3-14(17)20(28)26-18/h1-6,9,11,18,24H,7-8,10H2,(H,23,27)(H,25,29)(H,26,28). The third kappa shape index (κ3) is 4.09.